The Morgan fingerprint density at radius 2 is 1.61 bits per heavy atom. The lowest BCUT2D eigenvalue weighted by Gasteiger charge is -2.43. The highest BCUT2D eigenvalue weighted by Crippen LogP contribution is 2.44. The second-order valence-corrected chi connectivity index (χ2v) is 17.2. The van der Waals surface area contributed by atoms with Crippen LogP contribution in [0, 0.1) is 23.5 Å². The number of rotatable bonds is 11. The predicted octanol–water partition coefficient (Wildman–Crippen LogP) is 8.33. The molecule has 0 unspecified atom stereocenters. The van der Waals surface area contributed by atoms with Crippen molar-refractivity contribution >= 4 is 21.9 Å². The van der Waals surface area contributed by atoms with Crippen LogP contribution in [0.5, 0.6) is 5.75 Å². The number of aryl methyl sites for hydroxylation is 1. The van der Waals surface area contributed by atoms with Crippen LogP contribution in [-0.4, -0.2) is 87.2 Å². The first-order chi connectivity index (χ1) is 26.9. The first-order valence-corrected chi connectivity index (χ1v) is 20.5. The fourth-order valence-corrected chi connectivity index (χ4v) is 9.47. The number of nitrogens with zero attached hydrogens (tertiary/aromatic N) is 4. The van der Waals surface area contributed by atoms with E-state index in [1.54, 1.807) is 0 Å². The average Bonchev–Trinajstić information content (AvgIpc) is 3.53. The van der Waals surface area contributed by atoms with Crippen LogP contribution in [0.1, 0.15) is 87.4 Å². The standard InChI is InChI=1S/C45H55F3N6O2/c1-5-32-20-39-40(51-44(32)55)19-31(23-49-39)25-53-16-14-52(15-17-53)24-29-10-12-30(13-11-29)26-56-33-21-36(46)41(37(47)22-33)43-42-35(34-8-6-7-9-38(34)50-42)18-28(2)54(43)27-45(3,4)48/h6-9,19-23,28-30,43,50H,5,10-18,24-27H2,1-4H3,(H,51,55)/t28-,29?,30?,43-/m1/s1. The highest BCUT2D eigenvalue weighted by molar-refractivity contribution is 5.85. The van der Waals surface area contributed by atoms with Gasteiger partial charge < -0.3 is 19.6 Å². The Balaban J connectivity index is 0.841. The molecular formula is C45H55F3N6O2. The number of benzene rings is 2. The fraction of sp³-hybridized carbons (Fsp3) is 0.511. The Bertz CT molecular complexity index is 2210. The summed E-state index contributed by atoms with van der Waals surface area (Å²) in [5, 5.41) is 1.04. The van der Waals surface area contributed by atoms with Crippen LogP contribution in [0.15, 0.2) is 59.5 Å². The summed E-state index contributed by atoms with van der Waals surface area (Å²) in [5.74, 6) is -0.190. The molecular weight excluding hydrogens is 714 g/mol. The minimum Gasteiger partial charge on any atom is -0.493 e. The molecule has 3 aromatic heterocycles. The van der Waals surface area contributed by atoms with E-state index in [2.05, 4.69) is 30.8 Å². The summed E-state index contributed by atoms with van der Waals surface area (Å²) in [6.45, 7) is 13.4. The number of halogens is 3. The zero-order valence-corrected chi connectivity index (χ0v) is 33.1. The summed E-state index contributed by atoms with van der Waals surface area (Å²) in [7, 11) is 0. The molecule has 0 radical (unpaired) electrons. The van der Waals surface area contributed by atoms with Crippen LogP contribution in [0.2, 0.25) is 0 Å². The molecule has 1 aliphatic carbocycles. The second-order valence-electron chi connectivity index (χ2n) is 17.2. The van der Waals surface area contributed by atoms with Gasteiger partial charge in [0.05, 0.1) is 23.7 Å². The monoisotopic (exact) mass is 768 g/mol. The number of nitrogens with one attached hydrogen (secondary N) is 2. The van der Waals surface area contributed by atoms with Crippen molar-refractivity contribution in [2.24, 2.45) is 11.8 Å². The molecule has 3 aliphatic rings. The van der Waals surface area contributed by atoms with Gasteiger partial charge in [-0.15, -0.1) is 0 Å². The van der Waals surface area contributed by atoms with Gasteiger partial charge in [0.2, 0.25) is 0 Å². The summed E-state index contributed by atoms with van der Waals surface area (Å²) in [5.41, 5.74) is 4.50. The highest BCUT2D eigenvalue weighted by atomic mass is 19.1. The lowest BCUT2D eigenvalue weighted by atomic mass is 9.82. The Hall–Kier alpha value is -4.19. The highest BCUT2D eigenvalue weighted by Gasteiger charge is 2.41. The number of pyridine rings is 2. The summed E-state index contributed by atoms with van der Waals surface area (Å²) in [6, 6.07) is 13.5. The van der Waals surface area contributed by atoms with E-state index in [0.29, 0.717) is 31.3 Å². The van der Waals surface area contributed by atoms with Crippen LogP contribution in [0.3, 0.4) is 0 Å². The van der Waals surface area contributed by atoms with E-state index in [-0.39, 0.29) is 29.5 Å². The second kappa shape index (κ2) is 16.0. The van der Waals surface area contributed by atoms with Crippen LogP contribution in [-0.2, 0) is 19.4 Å². The molecule has 11 heteroatoms. The Morgan fingerprint density at radius 1 is 0.911 bits per heavy atom. The fourth-order valence-electron chi connectivity index (χ4n) is 9.47. The zero-order chi connectivity index (χ0) is 39.1. The molecule has 1 saturated heterocycles. The van der Waals surface area contributed by atoms with Crippen LogP contribution in [0.4, 0.5) is 13.2 Å². The first-order valence-electron chi connectivity index (χ1n) is 20.5. The number of piperazine rings is 1. The minimum atomic E-state index is -1.55. The normalized spacial score (nSPS) is 22.8. The molecule has 5 aromatic rings. The van der Waals surface area contributed by atoms with Crippen molar-refractivity contribution in [3.05, 3.63) is 105 Å². The van der Waals surface area contributed by atoms with Gasteiger partial charge in [-0.2, -0.15) is 0 Å². The average molecular weight is 769 g/mol. The molecule has 0 bridgehead atoms. The number of alkyl halides is 1. The van der Waals surface area contributed by atoms with E-state index in [0.717, 1.165) is 109 Å². The Labute approximate surface area is 327 Å². The number of hydrogen-bond acceptors (Lipinski definition) is 6. The van der Waals surface area contributed by atoms with E-state index in [1.807, 2.05) is 55.3 Å². The molecule has 8 rings (SSSR count). The van der Waals surface area contributed by atoms with Crippen molar-refractivity contribution in [2.75, 3.05) is 45.9 Å². The third-order valence-corrected chi connectivity index (χ3v) is 12.4. The quantitative estimate of drug-likeness (QED) is 0.141. The number of hydrogen-bond donors (Lipinski definition) is 2. The van der Waals surface area contributed by atoms with Gasteiger partial charge in [-0.3, -0.25) is 19.6 Å². The molecule has 2 fully saturated rings. The van der Waals surface area contributed by atoms with Gasteiger partial charge in [0.15, 0.2) is 0 Å². The largest absolute Gasteiger partial charge is 0.493 e. The smallest absolute Gasteiger partial charge is 0.251 e. The maximum Gasteiger partial charge on any atom is 0.251 e. The SMILES string of the molecule is CCc1cc2ncc(CN3CCN(CC4CCC(COc5cc(F)c([C@@H]6c7[nH]c8ccccc8c7C[C@@H](C)N6CC(C)(C)F)c(F)c5)CC4)CC3)cc2[nH]c1=O. The molecule has 298 valence electrons. The van der Waals surface area contributed by atoms with E-state index >= 15 is 13.2 Å². The number of fused-ring (bicyclic) bond motifs is 4. The molecule has 56 heavy (non-hydrogen) atoms. The molecule has 8 nitrogen and oxygen atoms in total. The maximum atomic E-state index is 16.2. The number of aromatic nitrogens is 3. The van der Waals surface area contributed by atoms with Crippen molar-refractivity contribution in [3.63, 3.8) is 0 Å². The summed E-state index contributed by atoms with van der Waals surface area (Å²) < 4.78 is 53.6. The van der Waals surface area contributed by atoms with Crippen molar-refractivity contribution in [2.45, 2.75) is 90.5 Å². The van der Waals surface area contributed by atoms with Gasteiger partial charge >= 0.3 is 0 Å². The predicted molar refractivity (Wildman–Crippen MR) is 216 cm³/mol. The van der Waals surface area contributed by atoms with Gasteiger partial charge in [0.25, 0.3) is 5.56 Å². The van der Waals surface area contributed by atoms with E-state index in [1.165, 1.54) is 26.0 Å². The van der Waals surface area contributed by atoms with Crippen molar-refractivity contribution in [3.8, 4) is 5.75 Å². The Morgan fingerprint density at radius 3 is 2.32 bits per heavy atom. The molecule has 2 aromatic carbocycles. The Kier molecular flexibility index (Phi) is 11.0. The third kappa shape index (κ3) is 8.27. The van der Waals surface area contributed by atoms with Crippen LogP contribution >= 0.6 is 0 Å². The lowest BCUT2D eigenvalue weighted by molar-refractivity contribution is 0.0642. The number of H-pyrrole nitrogens is 2. The topological polar surface area (TPSA) is 80.5 Å². The first kappa shape index (κ1) is 38.7. The number of aromatic amines is 2. The molecule has 2 N–H and O–H groups in total. The maximum absolute atomic E-state index is 16.2. The number of para-hydroxylation sites is 1. The molecule has 5 heterocycles. The van der Waals surface area contributed by atoms with E-state index < -0.39 is 23.3 Å². The summed E-state index contributed by atoms with van der Waals surface area (Å²) >= 11 is 0. The molecule has 1 saturated carbocycles. The minimum absolute atomic E-state index is 0.0338. The van der Waals surface area contributed by atoms with Crippen LogP contribution in [0.25, 0.3) is 21.9 Å². The van der Waals surface area contributed by atoms with Gasteiger partial charge in [-0.25, -0.2) is 13.2 Å². The van der Waals surface area contributed by atoms with E-state index in [9.17, 15) is 4.79 Å². The zero-order valence-electron chi connectivity index (χ0n) is 33.1. The van der Waals surface area contributed by atoms with Crippen LogP contribution < -0.4 is 10.3 Å². The third-order valence-electron chi connectivity index (χ3n) is 12.4. The summed E-state index contributed by atoms with van der Waals surface area (Å²) in [4.78, 5) is 30.3. The molecule has 0 amide bonds. The number of ether oxygens (including phenoxy) is 1. The lowest BCUT2D eigenvalue weighted by Crippen LogP contribution is -2.48. The van der Waals surface area contributed by atoms with Gasteiger partial charge in [-0.05, 0) is 100 Å². The van der Waals surface area contributed by atoms with E-state index in [4.69, 9.17) is 4.74 Å². The van der Waals surface area contributed by atoms with Crippen molar-refractivity contribution < 1.29 is 17.9 Å². The summed E-state index contributed by atoms with van der Waals surface area (Å²) in [6.07, 6.45) is 7.56. The van der Waals surface area contributed by atoms with Crippen molar-refractivity contribution in [1.82, 2.24) is 29.7 Å². The molecule has 2 aliphatic heterocycles. The van der Waals surface area contributed by atoms with Gasteiger partial charge in [0.1, 0.15) is 23.1 Å². The van der Waals surface area contributed by atoms with Gasteiger partial charge in [-0.1, -0.05) is 25.1 Å². The molecule has 0 spiro atoms. The van der Waals surface area contributed by atoms with Crippen molar-refractivity contribution in [1.29, 1.82) is 0 Å². The molecule has 2 atom stereocenters. The van der Waals surface area contributed by atoms with Gasteiger partial charge in [0, 0.05) is 97.9 Å².